The number of nitrogens with one attached hydrogen (secondary N) is 2. The minimum atomic E-state index is -3.66. The standard InChI is InChI=1S/C25H30N4O4S/c1-28(2)18-19-7-9-20(10-8-19)23-6-4-3-5-21(23)16-27-25(30)24-15-22(17-26-24)34(31,32)29-11-13-33-14-12-29/h3-10,15,17,26H,11-14,16,18H2,1-2H3,(H,27,30). The average molecular weight is 483 g/mol. The van der Waals surface area contributed by atoms with Crippen LogP contribution in [0.25, 0.3) is 11.1 Å². The first-order chi connectivity index (χ1) is 16.3. The Morgan fingerprint density at radius 3 is 2.50 bits per heavy atom. The van der Waals surface area contributed by atoms with Crippen molar-refractivity contribution in [2.24, 2.45) is 0 Å². The molecule has 9 heteroatoms. The first-order valence-electron chi connectivity index (χ1n) is 11.2. The summed E-state index contributed by atoms with van der Waals surface area (Å²) in [4.78, 5) is 17.8. The van der Waals surface area contributed by atoms with Gasteiger partial charge in [-0.05, 0) is 42.4 Å². The molecule has 1 saturated heterocycles. The van der Waals surface area contributed by atoms with Gasteiger partial charge >= 0.3 is 0 Å². The second kappa shape index (κ2) is 10.5. The fraction of sp³-hybridized carbons (Fsp3) is 0.320. The molecule has 34 heavy (non-hydrogen) atoms. The lowest BCUT2D eigenvalue weighted by Gasteiger charge is -2.25. The van der Waals surface area contributed by atoms with Crippen molar-refractivity contribution < 1.29 is 17.9 Å². The van der Waals surface area contributed by atoms with E-state index in [-0.39, 0.29) is 16.5 Å². The predicted octanol–water partition coefficient (Wildman–Crippen LogP) is 2.69. The third-order valence-corrected chi connectivity index (χ3v) is 7.61. The number of H-pyrrole nitrogens is 1. The molecule has 0 atom stereocenters. The molecule has 1 aromatic heterocycles. The molecule has 2 N–H and O–H groups in total. The highest BCUT2D eigenvalue weighted by molar-refractivity contribution is 7.89. The van der Waals surface area contributed by atoms with Gasteiger partial charge in [0.05, 0.1) is 13.2 Å². The van der Waals surface area contributed by atoms with Crippen molar-refractivity contribution in [1.29, 1.82) is 0 Å². The van der Waals surface area contributed by atoms with Gasteiger partial charge in [-0.3, -0.25) is 4.79 Å². The largest absolute Gasteiger partial charge is 0.379 e. The summed E-state index contributed by atoms with van der Waals surface area (Å²) in [6.07, 6.45) is 1.36. The molecule has 8 nitrogen and oxygen atoms in total. The minimum Gasteiger partial charge on any atom is -0.379 e. The highest BCUT2D eigenvalue weighted by atomic mass is 32.2. The molecule has 2 heterocycles. The molecule has 0 radical (unpaired) electrons. The number of carbonyl (C=O) groups excluding carboxylic acids is 1. The maximum Gasteiger partial charge on any atom is 0.268 e. The van der Waals surface area contributed by atoms with E-state index in [0.717, 1.165) is 23.2 Å². The highest BCUT2D eigenvalue weighted by Crippen LogP contribution is 2.25. The Morgan fingerprint density at radius 1 is 1.09 bits per heavy atom. The third kappa shape index (κ3) is 5.56. The summed E-state index contributed by atoms with van der Waals surface area (Å²) in [7, 11) is 0.421. The monoisotopic (exact) mass is 482 g/mol. The number of nitrogens with zero attached hydrogens (tertiary/aromatic N) is 2. The number of amides is 1. The van der Waals surface area contributed by atoms with Crippen LogP contribution < -0.4 is 5.32 Å². The highest BCUT2D eigenvalue weighted by Gasteiger charge is 2.28. The smallest absolute Gasteiger partial charge is 0.268 e. The Balaban J connectivity index is 1.44. The molecule has 1 aliphatic heterocycles. The average Bonchev–Trinajstić information content (AvgIpc) is 3.35. The van der Waals surface area contributed by atoms with Gasteiger partial charge in [0.15, 0.2) is 0 Å². The van der Waals surface area contributed by atoms with Crippen molar-refractivity contribution in [3.05, 3.63) is 77.6 Å². The Kier molecular flexibility index (Phi) is 7.47. The topological polar surface area (TPSA) is 94.7 Å². The van der Waals surface area contributed by atoms with Crippen molar-refractivity contribution in [2.75, 3.05) is 40.4 Å². The van der Waals surface area contributed by atoms with Crippen LogP contribution >= 0.6 is 0 Å². The van der Waals surface area contributed by atoms with E-state index in [1.165, 1.54) is 22.1 Å². The van der Waals surface area contributed by atoms with Crippen LogP contribution in [0.1, 0.15) is 21.6 Å². The zero-order valence-electron chi connectivity index (χ0n) is 19.5. The lowest BCUT2D eigenvalue weighted by Crippen LogP contribution is -2.40. The van der Waals surface area contributed by atoms with Gasteiger partial charge < -0.3 is 19.9 Å². The molecule has 2 aromatic carbocycles. The number of benzene rings is 2. The van der Waals surface area contributed by atoms with E-state index in [1.807, 2.05) is 38.4 Å². The van der Waals surface area contributed by atoms with E-state index >= 15 is 0 Å². The summed E-state index contributed by atoms with van der Waals surface area (Å²) >= 11 is 0. The second-order valence-corrected chi connectivity index (χ2v) is 10.5. The summed E-state index contributed by atoms with van der Waals surface area (Å²) in [5.41, 5.74) is 4.53. The molecule has 1 fully saturated rings. The van der Waals surface area contributed by atoms with Crippen LogP contribution in [-0.2, 0) is 27.8 Å². The fourth-order valence-electron chi connectivity index (χ4n) is 3.97. The van der Waals surface area contributed by atoms with Crippen LogP contribution in [0.2, 0.25) is 0 Å². The van der Waals surface area contributed by atoms with Crippen molar-refractivity contribution in [2.45, 2.75) is 18.0 Å². The van der Waals surface area contributed by atoms with E-state index in [1.54, 1.807) is 0 Å². The molecule has 0 saturated carbocycles. The Morgan fingerprint density at radius 2 is 1.79 bits per heavy atom. The SMILES string of the molecule is CN(C)Cc1ccc(-c2ccccc2CNC(=O)c2cc(S(=O)(=O)N3CCOCC3)c[nH]2)cc1. The van der Waals surface area contributed by atoms with E-state index < -0.39 is 10.0 Å². The number of ether oxygens (including phenoxy) is 1. The van der Waals surface area contributed by atoms with Gasteiger partial charge in [-0.25, -0.2) is 8.42 Å². The van der Waals surface area contributed by atoms with Crippen molar-refractivity contribution >= 4 is 15.9 Å². The Bertz CT molecular complexity index is 1230. The van der Waals surface area contributed by atoms with Crippen LogP contribution in [0.4, 0.5) is 0 Å². The molecule has 0 bridgehead atoms. The van der Waals surface area contributed by atoms with Crippen molar-refractivity contribution in [3.8, 4) is 11.1 Å². The number of aromatic amines is 1. The number of aromatic nitrogens is 1. The van der Waals surface area contributed by atoms with Crippen LogP contribution in [0.15, 0.2) is 65.7 Å². The number of carbonyl (C=O) groups is 1. The lowest BCUT2D eigenvalue weighted by molar-refractivity contribution is 0.0730. The first-order valence-corrected chi connectivity index (χ1v) is 12.6. The molecular formula is C25H30N4O4S. The molecule has 0 spiro atoms. The van der Waals surface area contributed by atoms with Gasteiger partial charge in [0, 0.05) is 32.4 Å². The van der Waals surface area contributed by atoms with Gasteiger partial charge in [0.1, 0.15) is 10.6 Å². The Hall–Kier alpha value is -2.98. The number of morpholine rings is 1. The zero-order valence-corrected chi connectivity index (χ0v) is 20.3. The summed E-state index contributed by atoms with van der Waals surface area (Å²) in [6.45, 7) is 2.55. The molecule has 0 aliphatic carbocycles. The van der Waals surface area contributed by atoms with Crippen LogP contribution in [0.3, 0.4) is 0 Å². The molecule has 0 unspecified atom stereocenters. The molecule has 180 valence electrons. The second-order valence-electron chi connectivity index (χ2n) is 8.54. The van der Waals surface area contributed by atoms with Gasteiger partial charge in [-0.1, -0.05) is 48.5 Å². The summed E-state index contributed by atoms with van der Waals surface area (Å²) in [5, 5.41) is 2.90. The quantitative estimate of drug-likeness (QED) is 0.515. The number of hydrogen-bond acceptors (Lipinski definition) is 5. The number of sulfonamides is 1. The van der Waals surface area contributed by atoms with Gasteiger partial charge in [0.2, 0.25) is 10.0 Å². The third-order valence-electron chi connectivity index (χ3n) is 5.73. The summed E-state index contributed by atoms with van der Waals surface area (Å²) < 4.78 is 32.2. The minimum absolute atomic E-state index is 0.0813. The van der Waals surface area contributed by atoms with E-state index in [0.29, 0.717) is 32.8 Å². The fourth-order valence-corrected chi connectivity index (χ4v) is 5.37. The summed E-state index contributed by atoms with van der Waals surface area (Å²) in [6, 6.07) is 17.7. The van der Waals surface area contributed by atoms with Gasteiger partial charge in [0.25, 0.3) is 5.91 Å². The van der Waals surface area contributed by atoms with Crippen molar-refractivity contribution in [1.82, 2.24) is 19.5 Å². The normalized spacial score (nSPS) is 14.9. The van der Waals surface area contributed by atoms with Crippen LogP contribution in [0.5, 0.6) is 0 Å². The molecule has 3 aromatic rings. The predicted molar refractivity (Wildman–Crippen MR) is 131 cm³/mol. The maximum absolute atomic E-state index is 12.8. The lowest BCUT2D eigenvalue weighted by atomic mass is 9.98. The number of hydrogen-bond donors (Lipinski definition) is 2. The summed E-state index contributed by atoms with van der Waals surface area (Å²) in [5.74, 6) is -0.362. The molecule has 1 amide bonds. The molecular weight excluding hydrogens is 452 g/mol. The van der Waals surface area contributed by atoms with E-state index in [2.05, 4.69) is 39.5 Å². The zero-order chi connectivity index (χ0) is 24.1. The van der Waals surface area contributed by atoms with Crippen LogP contribution in [0, 0.1) is 0 Å². The van der Waals surface area contributed by atoms with Gasteiger partial charge in [-0.15, -0.1) is 0 Å². The van der Waals surface area contributed by atoms with Crippen LogP contribution in [-0.4, -0.2) is 68.9 Å². The number of rotatable bonds is 8. The van der Waals surface area contributed by atoms with Crippen molar-refractivity contribution in [3.63, 3.8) is 0 Å². The maximum atomic E-state index is 12.8. The van der Waals surface area contributed by atoms with E-state index in [9.17, 15) is 13.2 Å². The molecule has 4 rings (SSSR count). The first kappa shape index (κ1) is 24.2. The molecule has 1 aliphatic rings. The van der Waals surface area contributed by atoms with Gasteiger partial charge in [-0.2, -0.15) is 4.31 Å². The van der Waals surface area contributed by atoms with E-state index in [4.69, 9.17) is 4.74 Å². The Labute approximate surface area is 200 Å².